The number of benzene rings is 5. The van der Waals surface area contributed by atoms with E-state index in [4.69, 9.17) is 17.0 Å². The lowest BCUT2D eigenvalue weighted by atomic mass is 10.0. The smallest absolute Gasteiger partial charge is 0.339 e. The molecule has 5 aromatic carbocycles. The van der Waals surface area contributed by atoms with Gasteiger partial charge in [0.25, 0.3) is 0 Å². The van der Waals surface area contributed by atoms with Gasteiger partial charge >= 0.3 is 30.4 Å². The van der Waals surface area contributed by atoms with Gasteiger partial charge in [-0.25, -0.2) is 0 Å². The van der Waals surface area contributed by atoms with E-state index >= 15 is 0 Å². The molecular weight excluding hydrogens is 669 g/mol. The van der Waals surface area contributed by atoms with E-state index in [-0.39, 0.29) is 48.3 Å². The summed E-state index contributed by atoms with van der Waals surface area (Å²) in [7, 11) is -13.0. The first-order valence-corrected chi connectivity index (χ1v) is 17.8. The molecule has 0 saturated carbocycles. The maximum absolute atomic E-state index is 13.9. The second-order valence-corrected chi connectivity index (χ2v) is 14.5. The molecule has 1 heterocycles. The Morgan fingerprint density at radius 1 is 0.489 bits per heavy atom. The lowest BCUT2D eigenvalue weighted by Gasteiger charge is -2.13. The van der Waals surface area contributed by atoms with Gasteiger partial charge in [-0.2, -0.15) is 25.3 Å². The predicted octanol–water partition coefficient (Wildman–Crippen LogP) is 5.76. The highest BCUT2D eigenvalue weighted by atomic mass is 32.2. The fourth-order valence-corrected chi connectivity index (χ4v) is 7.32. The van der Waals surface area contributed by atoms with E-state index in [2.05, 4.69) is 0 Å². The molecule has 0 unspecified atom stereocenters. The summed E-state index contributed by atoms with van der Waals surface area (Å²) in [5.74, 6) is -0.951. The summed E-state index contributed by atoms with van der Waals surface area (Å²) in [6, 6.07) is 29.5. The first-order valence-electron chi connectivity index (χ1n) is 13.6. The van der Waals surface area contributed by atoms with Crippen LogP contribution < -0.4 is 18.0 Å². The molecule has 0 saturated heterocycles. The molecule has 11 nitrogen and oxygen atoms in total. The summed E-state index contributed by atoms with van der Waals surface area (Å²) >= 11 is 0. The van der Waals surface area contributed by atoms with Gasteiger partial charge in [0.1, 0.15) is 37.7 Å². The highest BCUT2D eigenvalue weighted by molar-refractivity contribution is 7.87. The molecule has 0 aliphatic carbocycles. The van der Waals surface area contributed by atoms with Crippen LogP contribution in [0.3, 0.4) is 0 Å². The van der Waals surface area contributed by atoms with Crippen LogP contribution >= 0.6 is 0 Å². The summed E-state index contributed by atoms with van der Waals surface area (Å²) in [5.41, 5.74) is -0.726. The minimum absolute atomic E-state index is 0.0258. The summed E-state index contributed by atoms with van der Waals surface area (Å²) in [4.78, 5) is 13.4. The molecule has 0 atom stereocenters. The Bertz CT molecular complexity index is 2460. The fraction of sp³-hybridized carbons (Fsp3) is 0. The molecule has 1 aromatic heterocycles. The van der Waals surface area contributed by atoms with Gasteiger partial charge in [0, 0.05) is 12.1 Å². The van der Waals surface area contributed by atoms with Crippen LogP contribution in [0.1, 0.15) is 0 Å². The molecule has 0 N–H and O–H groups in total. The molecule has 0 fully saturated rings. The van der Waals surface area contributed by atoms with Gasteiger partial charge in [-0.05, 0) is 54.1 Å². The van der Waals surface area contributed by atoms with Crippen LogP contribution in [0.2, 0.25) is 0 Å². The molecule has 0 bridgehead atoms. The highest BCUT2D eigenvalue weighted by Crippen LogP contribution is 2.35. The minimum atomic E-state index is -4.52. The summed E-state index contributed by atoms with van der Waals surface area (Å²) in [6.07, 6.45) is 1.09. The largest absolute Gasteiger partial charge is 0.463 e. The number of hydrogen-bond donors (Lipinski definition) is 0. The van der Waals surface area contributed by atoms with Gasteiger partial charge in [-0.3, -0.25) is 4.79 Å². The number of rotatable bonds is 10. The van der Waals surface area contributed by atoms with E-state index in [1.165, 1.54) is 84.9 Å². The van der Waals surface area contributed by atoms with E-state index in [9.17, 15) is 30.0 Å². The lowest BCUT2D eigenvalue weighted by molar-refractivity contribution is 0.476. The van der Waals surface area contributed by atoms with E-state index in [1.807, 2.05) is 0 Å². The van der Waals surface area contributed by atoms with Crippen molar-refractivity contribution in [2.24, 2.45) is 0 Å². The third kappa shape index (κ3) is 6.74. The molecule has 0 amide bonds. The number of hydrogen-bond acceptors (Lipinski definition) is 11. The zero-order valence-electron chi connectivity index (χ0n) is 23.9. The van der Waals surface area contributed by atoms with Crippen LogP contribution in [0.15, 0.2) is 158 Å². The van der Waals surface area contributed by atoms with E-state index in [0.717, 1.165) is 18.4 Å². The SMILES string of the molecule is O=c1c(-c2ccc(OS(=O)(=O)c3ccccc3)cc2)coc2cc(OS(=O)(=O)c3ccccc3)cc(OS(=O)(=O)c3ccccc3)c12. The predicted molar refractivity (Wildman–Crippen MR) is 171 cm³/mol. The van der Waals surface area contributed by atoms with Gasteiger partial charge in [-0.1, -0.05) is 66.7 Å². The average Bonchev–Trinajstić information content (AvgIpc) is 3.06. The van der Waals surface area contributed by atoms with Crippen molar-refractivity contribution in [1.29, 1.82) is 0 Å². The highest BCUT2D eigenvalue weighted by Gasteiger charge is 2.25. The molecule has 6 aromatic rings. The number of fused-ring (bicyclic) bond motifs is 1. The Kier molecular flexibility index (Phi) is 8.32. The van der Waals surface area contributed by atoms with Gasteiger partial charge < -0.3 is 17.0 Å². The Labute approximate surface area is 269 Å². The van der Waals surface area contributed by atoms with Crippen LogP contribution in [-0.2, 0) is 30.4 Å². The van der Waals surface area contributed by atoms with E-state index in [1.54, 1.807) is 30.3 Å². The molecule has 6 rings (SSSR count). The van der Waals surface area contributed by atoms with Crippen molar-refractivity contribution in [2.75, 3.05) is 0 Å². The minimum Gasteiger partial charge on any atom is -0.463 e. The second kappa shape index (κ2) is 12.4. The first kappa shape index (κ1) is 31.5. The molecule has 47 heavy (non-hydrogen) atoms. The summed E-state index contributed by atoms with van der Waals surface area (Å²) in [6.45, 7) is 0. The Morgan fingerprint density at radius 3 is 1.43 bits per heavy atom. The van der Waals surface area contributed by atoms with Crippen LogP contribution in [0.4, 0.5) is 0 Å². The van der Waals surface area contributed by atoms with Gasteiger partial charge in [0.05, 0.1) is 5.56 Å². The molecule has 0 spiro atoms. The van der Waals surface area contributed by atoms with E-state index < -0.39 is 41.5 Å². The topological polar surface area (TPSA) is 160 Å². The zero-order chi connectivity index (χ0) is 33.2. The van der Waals surface area contributed by atoms with Crippen molar-refractivity contribution in [3.63, 3.8) is 0 Å². The van der Waals surface area contributed by atoms with Crippen LogP contribution in [0.5, 0.6) is 17.2 Å². The Morgan fingerprint density at radius 2 is 0.936 bits per heavy atom. The maximum Gasteiger partial charge on any atom is 0.339 e. The molecule has 0 aliphatic rings. The molecule has 14 heteroatoms. The molecule has 0 radical (unpaired) electrons. The van der Waals surface area contributed by atoms with Crippen molar-refractivity contribution < 1.29 is 42.2 Å². The third-order valence-corrected chi connectivity index (χ3v) is 10.5. The second-order valence-electron chi connectivity index (χ2n) is 9.85. The fourth-order valence-electron chi connectivity index (χ4n) is 4.47. The van der Waals surface area contributed by atoms with Crippen LogP contribution in [0.25, 0.3) is 22.1 Å². The average molecular weight is 691 g/mol. The summed E-state index contributed by atoms with van der Waals surface area (Å²) in [5, 5.41) is -0.321. The first-order chi connectivity index (χ1) is 22.4. The molecular formula is C33H22O11S3. The standard InChI is InChI=1S/C33H22O11S3/c34-33-29(23-16-18-24(19-17-23)42-45(35,36)26-10-4-1-5-11-26)22-41-30-20-25(43-46(37,38)27-12-6-2-7-13-27)21-31(32(30)33)44-47(39,40)28-14-8-3-9-15-28/h1-22H. The molecule has 238 valence electrons. The van der Waals surface area contributed by atoms with E-state index in [0.29, 0.717) is 0 Å². The third-order valence-electron chi connectivity index (χ3n) is 6.69. The monoisotopic (exact) mass is 690 g/mol. The van der Waals surface area contributed by atoms with Crippen LogP contribution in [0, 0.1) is 0 Å². The summed E-state index contributed by atoms with van der Waals surface area (Å²) < 4.78 is 99.1. The quantitative estimate of drug-likeness (QED) is 0.161. The van der Waals surface area contributed by atoms with Gasteiger partial charge in [0.2, 0.25) is 5.43 Å². The maximum atomic E-state index is 13.9. The Balaban J connectivity index is 1.41. The van der Waals surface area contributed by atoms with Crippen molar-refractivity contribution in [2.45, 2.75) is 14.7 Å². The van der Waals surface area contributed by atoms with Crippen molar-refractivity contribution in [3.8, 4) is 28.4 Å². The van der Waals surface area contributed by atoms with Crippen molar-refractivity contribution in [3.05, 3.63) is 144 Å². The van der Waals surface area contributed by atoms with Gasteiger partial charge in [0.15, 0.2) is 11.5 Å². The normalized spacial score (nSPS) is 12.0. The Hall–Kier alpha value is -5.44. The van der Waals surface area contributed by atoms with Crippen molar-refractivity contribution in [1.82, 2.24) is 0 Å². The molecule has 0 aliphatic heterocycles. The lowest BCUT2D eigenvalue weighted by Crippen LogP contribution is -2.14. The van der Waals surface area contributed by atoms with Crippen LogP contribution in [-0.4, -0.2) is 25.3 Å². The van der Waals surface area contributed by atoms with Gasteiger partial charge in [-0.15, -0.1) is 0 Å². The zero-order valence-corrected chi connectivity index (χ0v) is 26.4. The van der Waals surface area contributed by atoms with Crippen molar-refractivity contribution >= 4 is 41.3 Å².